The molecule has 2 aromatic rings. The van der Waals surface area contributed by atoms with E-state index in [1.807, 2.05) is 24.3 Å². The minimum absolute atomic E-state index is 0.0864. The van der Waals surface area contributed by atoms with E-state index in [0.29, 0.717) is 0 Å². The van der Waals surface area contributed by atoms with Crippen LogP contribution in [0.5, 0.6) is 0 Å². The van der Waals surface area contributed by atoms with Gasteiger partial charge < -0.3 is 0 Å². The van der Waals surface area contributed by atoms with Gasteiger partial charge in [-0.1, -0.05) is 24.3 Å². The Bertz CT molecular complexity index is 726. The molecule has 3 nitrogen and oxygen atoms in total. The summed E-state index contributed by atoms with van der Waals surface area (Å²) in [5.74, 6) is -0.449. The fourth-order valence-corrected chi connectivity index (χ4v) is 3.80. The predicted octanol–water partition coefficient (Wildman–Crippen LogP) is 2.79. The number of benzene rings is 2. The average Bonchev–Trinajstić information content (AvgIpc) is 2.82. The van der Waals surface area contributed by atoms with E-state index >= 15 is 0 Å². The number of aryl methyl sites for hydroxylation is 1. The van der Waals surface area contributed by atoms with Gasteiger partial charge in [0.2, 0.25) is 10.0 Å². The van der Waals surface area contributed by atoms with Gasteiger partial charge in [0.25, 0.3) is 0 Å². The van der Waals surface area contributed by atoms with Gasteiger partial charge in [0.05, 0.1) is 4.90 Å². The molecule has 1 atom stereocenters. The Kier molecular flexibility index (Phi) is 3.31. The summed E-state index contributed by atoms with van der Waals surface area (Å²) in [6.07, 6.45) is 1.62. The van der Waals surface area contributed by atoms with Crippen LogP contribution >= 0.6 is 0 Å². The molecular weight excluding hydrogens is 277 g/mol. The summed E-state index contributed by atoms with van der Waals surface area (Å²) < 4.78 is 40.1. The molecule has 5 heteroatoms. The molecule has 0 amide bonds. The number of nitrogens with one attached hydrogen (secondary N) is 1. The molecule has 0 spiro atoms. The Labute approximate surface area is 117 Å². The lowest BCUT2D eigenvalue weighted by atomic mass is 10.1. The van der Waals surface area contributed by atoms with Crippen LogP contribution < -0.4 is 4.72 Å². The zero-order valence-corrected chi connectivity index (χ0v) is 11.5. The van der Waals surface area contributed by atoms with Gasteiger partial charge in [-0.25, -0.2) is 17.5 Å². The minimum Gasteiger partial charge on any atom is -0.207 e. The average molecular weight is 291 g/mol. The highest BCUT2D eigenvalue weighted by Crippen LogP contribution is 2.31. The summed E-state index contributed by atoms with van der Waals surface area (Å²) in [5, 5.41) is 0. The maximum Gasteiger partial charge on any atom is 0.241 e. The molecule has 1 N–H and O–H groups in total. The summed E-state index contributed by atoms with van der Waals surface area (Å²) >= 11 is 0. The van der Waals surface area contributed by atoms with Crippen LogP contribution in [0.2, 0.25) is 0 Å². The molecule has 1 aliphatic rings. The topological polar surface area (TPSA) is 46.2 Å². The first-order chi connectivity index (χ1) is 9.56. The molecule has 0 aliphatic heterocycles. The van der Waals surface area contributed by atoms with E-state index in [0.717, 1.165) is 30.5 Å². The van der Waals surface area contributed by atoms with Crippen molar-refractivity contribution in [3.8, 4) is 0 Å². The molecule has 0 saturated carbocycles. The number of hydrogen-bond donors (Lipinski definition) is 1. The van der Waals surface area contributed by atoms with Crippen molar-refractivity contribution in [1.82, 2.24) is 4.72 Å². The highest BCUT2D eigenvalue weighted by molar-refractivity contribution is 7.89. The van der Waals surface area contributed by atoms with Gasteiger partial charge in [-0.2, -0.15) is 0 Å². The normalized spacial score (nSPS) is 17.9. The van der Waals surface area contributed by atoms with E-state index < -0.39 is 15.8 Å². The lowest BCUT2D eigenvalue weighted by molar-refractivity contribution is 0.554. The first-order valence-corrected chi connectivity index (χ1v) is 7.90. The van der Waals surface area contributed by atoms with E-state index in [1.54, 1.807) is 0 Å². The van der Waals surface area contributed by atoms with Crippen LogP contribution in [0.4, 0.5) is 4.39 Å². The molecular formula is C15H14FNO2S. The highest BCUT2D eigenvalue weighted by Gasteiger charge is 2.27. The van der Waals surface area contributed by atoms with Gasteiger partial charge in [-0.3, -0.25) is 0 Å². The smallest absolute Gasteiger partial charge is 0.207 e. The highest BCUT2D eigenvalue weighted by atomic mass is 32.2. The molecule has 104 valence electrons. The monoisotopic (exact) mass is 291 g/mol. The Morgan fingerprint density at radius 1 is 1.05 bits per heavy atom. The molecule has 1 aliphatic carbocycles. The second-order valence-corrected chi connectivity index (χ2v) is 6.58. The molecule has 20 heavy (non-hydrogen) atoms. The third kappa shape index (κ3) is 2.46. The van der Waals surface area contributed by atoms with Crippen LogP contribution in [0, 0.1) is 5.82 Å². The minimum atomic E-state index is -3.62. The number of fused-ring (bicyclic) bond motifs is 1. The maximum atomic E-state index is 12.9. The first kappa shape index (κ1) is 13.3. The number of rotatable bonds is 3. The van der Waals surface area contributed by atoms with Crippen molar-refractivity contribution in [3.63, 3.8) is 0 Å². The van der Waals surface area contributed by atoms with Crippen molar-refractivity contribution in [2.45, 2.75) is 23.8 Å². The van der Waals surface area contributed by atoms with Crippen LogP contribution in [0.3, 0.4) is 0 Å². The van der Waals surface area contributed by atoms with E-state index in [2.05, 4.69) is 4.72 Å². The second-order valence-electron chi connectivity index (χ2n) is 4.87. The van der Waals surface area contributed by atoms with Gasteiger partial charge in [-0.05, 0) is 48.2 Å². The zero-order valence-electron chi connectivity index (χ0n) is 10.7. The third-order valence-corrected chi connectivity index (χ3v) is 5.04. The molecule has 0 radical (unpaired) electrons. The molecule has 0 aromatic heterocycles. The van der Waals surface area contributed by atoms with Crippen molar-refractivity contribution in [1.29, 1.82) is 0 Å². The fraction of sp³-hybridized carbons (Fsp3) is 0.200. The molecule has 0 heterocycles. The summed E-state index contributed by atoms with van der Waals surface area (Å²) in [7, 11) is -3.62. The van der Waals surface area contributed by atoms with Crippen LogP contribution in [0.15, 0.2) is 53.4 Å². The van der Waals surface area contributed by atoms with Crippen LogP contribution in [-0.4, -0.2) is 8.42 Å². The van der Waals surface area contributed by atoms with Gasteiger partial charge >= 0.3 is 0 Å². The van der Waals surface area contributed by atoms with Crippen molar-refractivity contribution in [2.75, 3.05) is 0 Å². The summed E-state index contributed by atoms with van der Waals surface area (Å²) in [4.78, 5) is 0.0864. The van der Waals surface area contributed by atoms with Gasteiger partial charge in [0.1, 0.15) is 5.82 Å². The standard InChI is InChI=1S/C15H14FNO2S/c16-12-6-8-13(9-7-12)20(18,19)17-15-10-5-11-3-1-2-4-14(11)15/h1-4,6-9,15,17H,5,10H2/t15-/m0/s1. The van der Waals surface area contributed by atoms with E-state index in [4.69, 9.17) is 0 Å². The van der Waals surface area contributed by atoms with E-state index in [9.17, 15) is 12.8 Å². The Hall–Kier alpha value is -1.72. The Morgan fingerprint density at radius 3 is 2.50 bits per heavy atom. The van der Waals surface area contributed by atoms with E-state index in [1.165, 1.54) is 17.7 Å². The molecule has 2 aromatic carbocycles. The van der Waals surface area contributed by atoms with Crippen molar-refractivity contribution >= 4 is 10.0 Å². The molecule has 3 rings (SSSR count). The van der Waals surface area contributed by atoms with Crippen LogP contribution in [0.25, 0.3) is 0 Å². The lowest BCUT2D eigenvalue weighted by Crippen LogP contribution is -2.27. The first-order valence-electron chi connectivity index (χ1n) is 6.42. The predicted molar refractivity (Wildman–Crippen MR) is 74.2 cm³/mol. The van der Waals surface area contributed by atoms with Gasteiger partial charge in [0, 0.05) is 6.04 Å². The molecule has 0 saturated heterocycles. The molecule has 0 bridgehead atoms. The van der Waals surface area contributed by atoms with Crippen LogP contribution in [0.1, 0.15) is 23.6 Å². The summed E-state index contributed by atoms with van der Waals surface area (Å²) in [5.41, 5.74) is 2.21. The van der Waals surface area contributed by atoms with Crippen molar-refractivity contribution in [3.05, 3.63) is 65.5 Å². The summed E-state index contributed by atoms with van der Waals surface area (Å²) in [6, 6.07) is 12.5. The van der Waals surface area contributed by atoms with Crippen molar-refractivity contribution < 1.29 is 12.8 Å². The number of hydrogen-bond acceptors (Lipinski definition) is 2. The molecule has 0 fully saturated rings. The third-order valence-electron chi connectivity index (χ3n) is 3.55. The van der Waals surface area contributed by atoms with Gasteiger partial charge in [-0.15, -0.1) is 0 Å². The summed E-state index contributed by atoms with van der Waals surface area (Å²) in [6.45, 7) is 0. The van der Waals surface area contributed by atoms with Crippen LogP contribution in [-0.2, 0) is 16.4 Å². The quantitative estimate of drug-likeness (QED) is 0.945. The van der Waals surface area contributed by atoms with Crippen molar-refractivity contribution in [2.24, 2.45) is 0 Å². The maximum absolute atomic E-state index is 12.9. The molecule has 0 unspecified atom stereocenters. The fourth-order valence-electron chi connectivity index (χ4n) is 2.55. The lowest BCUT2D eigenvalue weighted by Gasteiger charge is -2.14. The Balaban J connectivity index is 1.86. The Morgan fingerprint density at radius 2 is 1.75 bits per heavy atom. The van der Waals surface area contributed by atoms with E-state index in [-0.39, 0.29) is 10.9 Å². The second kappa shape index (κ2) is 5.00. The zero-order chi connectivity index (χ0) is 14.2. The SMILES string of the molecule is O=S(=O)(N[C@H]1CCc2ccccc21)c1ccc(F)cc1. The largest absolute Gasteiger partial charge is 0.241 e. The number of sulfonamides is 1. The number of halogens is 1. The van der Waals surface area contributed by atoms with Gasteiger partial charge in [0.15, 0.2) is 0 Å².